The maximum absolute atomic E-state index is 12.4. The molecule has 0 aromatic heterocycles. The maximum Gasteiger partial charge on any atom is 0.407 e. The molecule has 0 saturated carbocycles. The van der Waals surface area contributed by atoms with Gasteiger partial charge in [-0.1, -0.05) is 84.4 Å². The van der Waals surface area contributed by atoms with Crippen LogP contribution in [0.1, 0.15) is 22.7 Å². The van der Waals surface area contributed by atoms with Crippen LogP contribution in [0.4, 0.5) is 4.79 Å². The number of hydrogen-bond donors (Lipinski definition) is 2. The fourth-order valence-corrected chi connectivity index (χ4v) is 2.92. The second-order valence-electron chi connectivity index (χ2n) is 6.38. The number of rotatable bonds is 7. The lowest BCUT2D eigenvalue weighted by Gasteiger charge is -2.20. The van der Waals surface area contributed by atoms with Crippen LogP contribution in [0.3, 0.4) is 0 Å². The second kappa shape index (κ2) is 10.3. The van der Waals surface area contributed by atoms with E-state index in [4.69, 9.17) is 16.3 Å². The number of benzene rings is 3. The molecule has 0 fully saturated rings. The minimum absolute atomic E-state index is 0.145. The van der Waals surface area contributed by atoms with Crippen molar-refractivity contribution in [2.45, 2.75) is 12.6 Å². The van der Waals surface area contributed by atoms with Crippen LogP contribution in [0.25, 0.3) is 0 Å². The van der Waals surface area contributed by atoms with Gasteiger partial charge in [-0.3, -0.25) is 4.79 Å². The van der Waals surface area contributed by atoms with E-state index in [2.05, 4.69) is 10.6 Å². The Balaban J connectivity index is 1.57. The van der Waals surface area contributed by atoms with Gasteiger partial charge in [0.05, 0.1) is 6.04 Å². The van der Waals surface area contributed by atoms with E-state index in [9.17, 15) is 9.59 Å². The van der Waals surface area contributed by atoms with Gasteiger partial charge in [-0.15, -0.1) is 0 Å². The van der Waals surface area contributed by atoms with Gasteiger partial charge >= 0.3 is 6.09 Å². The lowest BCUT2D eigenvalue weighted by atomic mass is 9.99. The second-order valence-corrected chi connectivity index (χ2v) is 6.81. The minimum Gasteiger partial charge on any atom is -0.445 e. The first kappa shape index (κ1) is 20.4. The summed E-state index contributed by atoms with van der Waals surface area (Å²) in [4.78, 5) is 24.3. The summed E-state index contributed by atoms with van der Waals surface area (Å²) in [6, 6.07) is 25.8. The van der Waals surface area contributed by atoms with Crippen LogP contribution >= 0.6 is 11.6 Å². The van der Waals surface area contributed by atoms with Crippen LogP contribution in [0.2, 0.25) is 5.02 Å². The highest BCUT2D eigenvalue weighted by molar-refractivity contribution is 6.30. The van der Waals surface area contributed by atoms with Gasteiger partial charge in [0.1, 0.15) is 13.2 Å². The number of nitrogens with one attached hydrogen (secondary N) is 2. The van der Waals surface area contributed by atoms with E-state index < -0.39 is 6.09 Å². The lowest BCUT2D eigenvalue weighted by molar-refractivity contribution is -0.120. The molecule has 3 aromatic rings. The first-order chi connectivity index (χ1) is 14.1. The number of alkyl carbamates (subject to hydrolysis) is 1. The van der Waals surface area contributed by atoms with E-state index in [1.807, 2.05) is 72.8 Å². The summed E-state index contributed by atoms with van der Waals surface area (Å²) in [5.74, 6) is -0.328. The lowest BCUT2D eigenvalue weighted by Crippen LogP contribution is -2.39. The molecule has 148 valence electrons. The van der Waals surface area contributed by atoms with Crippen LogP contribution in [-0.2, 0) is 16.1 Å². The predicted octanol–water partition coefficient (Wildman–Crippen LogP) is 4.47. The molecule has 0 saturated heterocycles. The van der Waals surface area contributed by atoms with Crippen molar-refractivity contribution in [2.24, 2.45) is 0 Å². The van der Waals surface area contributed by atoms with Gasteiger partial charge in [0, 0.05) is 5.02 Å². The third-order valence-electron chi connectivity index (χ3n) is 4.25. The minimum atomic E-state index is -0.647. The highest BCUT2D eigenvalue weighted by Crippen LogP contribution is 2.23. The van der Waals surface area contributed by atoms with Crippen LogP contribution in [0.15, 0.2) is 84.9 Å². The zero-order valence-electron chi connectivity index (χ0n) is 15.7. The standard InChI is InChI=1S/C23H21ClN2O3/c24-20-13-11-19(12-14-20)22(18-9-5-2-6-10-18)26-21(27)15-25-23(28)29-16-17-7-3-1-4-8-17/h1-14,22H,15-16H2,(H,25,28)(H,26,27). The summed E-state index contributed by atoms with van der Waals surface area (Å²) in [6.07, 6.45) is -0.647. The van der Waals surface area contributed by atoms with Gasteiger partial charge < -0.3 is 15.4 Å². The van der Waals surface area contributed by atoms with Crippen molar-refractivity contribution in [3.8, 4) is 0 Å². The van der Waals surface area contributed by atoms with Crippen molar-refractivity contribution in [3.63, 3.8) is 0 Å². The Morgan fingerprint density at radius 2 is 1.41 bits per heavy atom. The molecule has 3 aromatic carbocycles. The summed E-state index contributed by atoms with van der Waals surface area (Å²) in [7, 11) is 0. The molecule has 1 unspecified atom stereocenters. The molecule has 0 spiro atoms. The van der Waals surface area contributed by atoms with Crippen LogP contribution in [0, 0.1) is 0 Å². The first-order valence-electron chi connectivity index (χ1n) is 9.16. The van der Waals surface area contributed by atoms with Crippen molar-refractivity contribution >= 4 is 23.6 Å². The van der Waals surface area contributed by atoms with Crippen LogP contribution in [0.5, 0.6) is 0 Å². The fourth-order valence-electron chi connectivity index (χ4n) is 2.80. The zero-order valence-corrected chi connectivity index (χ0v) is 16.4. The molecule has 0 bridgehead atoms. The Morgan fingerprint density at radius 1 is 0.828 bits per heavy atom. The Morgan fingerprint density at radius 3 is 2.07 bits per heavy atom. The van der Waals surface area contributed by atoms with Crippen LogP contribution < -0.4 is 10.6 Å². The van der Waals surface area contributed by atoms with Gasteiger partial charge in [0.2, 0.25) is 5.91 Å². The molecule has 2 N–H and O–H groups in total. The Bertz CT molecular complexity index is 931. The topological polar surface area (TPSA) is 67.4 Å². The predicted molar refractivity (Wildman–Crippen MR) is 113 cm³/mol. The molecule has 0 radical (unpaired) electrons. The average molecular weight is 409 g/mol. The number of carbonyl (C=O) groups excluding carboxylic acids is 2. The normalized spacial score (nSPS) is 11.3. The monoisotopic (exact) mass is 408 g/mol. The van der Waals surface area contributed by atoms with E-state index >= 15 is 0 Å². The van der Waals surface area contributed by atoms with E-state index in [1.165, 1.54) is 0 Å². The van der Waals surface area contributed by atoms with E-state index in [-0.39, 0.29) is 25.1 Å². The van der Waals surface area contributed by atoms with Crippen molar-refractivity contribution in [1.82, 2.24) is 10.6 Å². The first-order valence-corrected chi connectivity index (χ1v) is 9.54. The summed E-state index contributed by atoms with van der Waals surface area (Å²) in [6.45, 7) is -0.0454. The van der Waals surface area contributed by atoms with Crippen molar-refractivity contribution in [2.75, 3.05) is 6.54 Å². The summed E-state index contributed by atoms with van der Waals surface area (Å²) in [5, 5.41) is 6.04. The SMILES string of the molecule is O=C(CNC(=O)OCc1ccccc1)NC(c1ccccc1)c1ccc(Cl)cc1. The maximum atomic E-state index is 12.4. The summed E-state index contributed by atoms with van der Waals surface area (Å²) >= 11 is 5.98. The molecule has 3 rings (SSSR count). The molecular weight excluding hydrogens is 388 g/mol. The number of carbonyl (C=O) groups is 2. The van der Waals surface area contributed by atoms with Crippen molar-refractivity contribution in [3.05, 3.63) is 107 Å². The van der Waals surface area contributed by atoms with Gasteiger partial charge in [-0.25, -0.2) is 4.79 Å². The molecule has 2 amide bonds. The molecule has 29 heavy (non-hydrogen) atoms. The van der Waals surface area contributed by atoms with Gasteiger partial charge in [0.15, 0.2) is 0 Å². The van der Waals surface area contributed by atoms with Gasteiger partial charge in [-0.2, -0.15) is 0 Å². The quantitative estimate of drug-likeness (QED) is 0.606. The fraction of sp³-hybridized carbons (Fsp3) is 0.130. The number of ether oxygens (including phenoxy) is 1. The molecule has 0 aliphatic carbocycles. The van der Waals surface area contributed by atoms with Gasteiger partial charge in [-0.05, 0) is 28.8 Å². The molecule has 5 nitrogen and oxygen atoms in total. The van der Waals surface area contributed by atoms with Crippen molar-refractivity contribution in [1.29, 1.82) is 0 Å². The molecule has 0 aliphatic heterocycles. The Kier molecular flexibility index (Phi) is 7.25. The average Bonchev–Trinajstić information content (AvgIpc) is 2.76. The largest absolute Gasteiger partial charge is 0.445 e. The van der Waals surface area contributed by atoms with Crippen molar-refractivity contribution < 1.29 is 14.3 Å². The molecule has 0 aliphatic rings. The highest BCUT2D eigenvalue weighted by atomic mass is 35.5. The molecule has 0 heterocycles. The van der Waals surface area contributed by atoms with E-state index in [0.29, 0.717) is 5.02 Å². The molecule has 1 atom stereocenters. The third kappa shape index (κ3) is 6.36. The zero-order chi connectivity index (χ0) is 20.5. The molecular formula is C23H21ClN2O3. The summed E-state index contributed by atoms with van der Waals surface area (Å²) < 4.78 is 5.12. The smallest absolute Gasteiger partial charge is 0.407 e. The molecule has 6 heteroatoms. The third-order valence-corrected chi connectivity index (χ3v) is 4.50. The Hall–Kier alpha value is -3.31. The van der Waals surface area contributed by atoms with E-state index in [0.717, 1.165) is 16.7 Å². The number of amides is 2. The Labute approximate surface area is 174 Å². The number of hydrogen-bond acceptors (Lipinski definition) is 3. The van der Waals surface area contributed by atoms with Gasteiger partial charge in [0.25, 0.3) is 0 Å². The summed E-state index contributed by atoms with van der Waals surface area (Å²) in [5.41, 5.74) is 2.69. The van der Waals surface area contributed by atoms with Crippen LogP contribution in [-0.4, -0.2) is 18.5 Å². The van der Waals surface area contributed by atoms with E-state index in [1.54, 1.807) is 12.1 Å². The number of halogens is 1. The highest BCUT2D eigenvalue weighted by Gasteiger charge is 2.17.